The van der Waals surface area contributed by atoms with Gasteiger partial charge >= 0.3 is 0 Å². The first kappa shape index (κ1) is 29.4. The SMILES string of the molecule is C.C=CC(O)C#CC(C)(C)C.CC(C)(C)C#C/C=C/CCl.[V]. The van der Waals surface area contributed by atoms with Crippen molar-refractivity contribution in [2.75, 3.05) is 5.88 Å². The van der Waals surface area contributed by atoms with Gasteiger partial charge < -0.3 is 5.11 Å². The zero-order valence-corrected chi connectivity index (χ0v) is 16.1. The molecule has 125 valence electrons. The fraction of sp³-hybridized carbons (Fsp3) is 0.579. The largest absolute Gasteiger partial charge is 0.377 e. The van der Waals surface area contributed by atoms with E-state index in [4.69, 9.17) is 16.7 Å². The number of hydrogen-bond donors (Lipinski definition) is 1. The van der Waals surface area contributed by atoms with Gasteiger partial charge in [0, 0.05) is 35.3 Å². The molecule has 0 aliphatic carbocycles. The first-order valence-electron chi connectivity index (χ1n) is 6.59. The van der Waals surface area contributed by atoms with Crippen LogP contribution in [-0.2, 0) is 18.6 Å². The van der Waals surface area contributed by atoms with Gasteiger partial charge in [-0.15, -0.1) is 11.6 Å². The summed E-state index contributed by atoms with van der Waals surface area (Å²) in [7, 11) is 0. The molecule has 1 N–H and O–H groups in total. The summed E-state index contributed by atoms with van der Waals surface area (Å²) in [6, 6.07) is 0. The van der Waals surface area contributed by atoms with Crippen LogP contribution in [0.15, 0.2) is 24.8 Å². The minimum Gasteiger partial charge on any atom is -0.377 e. The summed E-state index contributed by atoms with van der Waals surface area (Å²) in [5.41, 5.74) is 0.0562. The van der Waals surface area contributed by atoms with E-state index in [1.807, 2.05) is 26.8 Å². The fourth-order valence-corrected chi connectivity index (χ4v) is 0.800. The molecule has 1 radical (unpaired) electrons. The molecule has 0 bridgehead atoms. The molecule has 3 heteroatoms. The van der Waals surface area contributed by atoms with E-state index in [1.54, 1.807) is 6.08 Å². The van der Waals surface area contributed by atoms with E-state index in [9.17, 15) is 0 Å². The van der Waals surface area contributed by atoms with Crippen LogP contribution in [0.1, 0.15) is 49.0 Å². The summed E-state index contributed by atoms with van der Waals surface area (Å²) < 4.78 is 0. The third-order valence-electron chi connectivity index (χ3n) is 1.56. The van der Waals surface area contributed by atoms with Gasteiger partial charge in [0.25, 0.3) is 0 Å². The summed E-state index contributed by atoms with van der Waals surface area (Å²) in [5.74, 6) is 12.1. The average molecular weight is 362 g/mol. The number of allylic oxidation sites excluding steroid dienone is 2. The zero-order chi connectivity index (χ0) is 16.2. The van der Waals surface area contributed by atoms with Gasteiger partial charge in [-0.05, 0) is 47.6 Å². The molecule has 22 heavy (non-hydrogen) atoms. The monoisotopic (exact) mass is 361 g/mol. The quantitative estimate of drug-likeness (QED) is 0.414. The first-order valence-corrected chi connectivity index (χ1v) is 7.12. The normalized spacial score (nSPS) is 11.1. The van der Waals surface area contributed by atoms with Crippen LogP contribution in [-0.4, -0.2) is 17.1 Å². The molecule has 0 heterocycles. The molecule has 0 aromatic rings. The summed E-state index contributed by atoms with van der Waals surface area (Å²) >= 11 is 5.40. The zero-order valence-electron chi connectivity index (χ0n) is 14.0. The van der Waals surface area contributed by atoms with Crippen LogP contribution in [0.4, 0.5) is 0 Å². The summed E-state index contributed by atoms with van der Waals surface area (Å²) in [5, 5.41) is 8.93. The second-order valence-corrected chi connectivity index (χ2v) is 6.58. The van der Waals surface area contributed by atoms with Crippen molar-refractivity contribution in [1.29, 1.82) is 0 Å². The molecule has 0 aromatic carbocycles. The Labute approximate surface area is 155 Å². The summed E-state index contributed by atoms with van der Waals surface area (Å²) in [6.07, 6.45) is 4.36. The van der Waals surface area contributed by atoms with Gasteiger partial charge in [0.1, 0.15) is 6.10 Å². The molecule has 1 nitrogen and oxygen atoms in total. The third-order valence-corrected chi connectivity index (χ3v) is 1.73. The van der Waals surface area contributed by atoms with Crippen LogP contribution in [0, 0.1) is 34.5 Å². The van der Waals surface area contributed by atoms with Crippen LogP contribution >= 0.6 is 11.6 Å². The van der Waals surface area contributed by atoms with Gasteiger partial charge in [-0.2, -0.15) is 0 Å². The van der Waals surface area contributed by atoms with Gasteiger partial charge in [0.05, 0.1) is 0 Å². The molecule has 0 rings (SSSR count). The molecule has 0 saturated heterocycles. The number of aliphatic hydroxyl groups excluding tert-OH is 1. The molecule has 0 fully saturated rings. The molecule has 0 saturated carbocycles. The van der Waals surface area contributed by atoms with Crippen molar-refractivity contribution < 1.29 is 23.7 Å². The van der Waals surface area contributed by atoms with Gasteiger partial charge in [-0.3, -0.25) is 0 Å². The number of alkyl halides is 1. The van der Waals surface area contributed by atoms with E-state index >= 15 is 0 Å². The maximum absolute atomic E-state index is 8.93. The number of rotatable bonds is 2. The Balaban J connectivity index is -0.000000135. The predicted octanol–water partition coefficient (Wildman–Crippen LogP) is 5.05. The maximum Gasteiger partial charge on any atom is 0.133 e. The molecular formula is C19H31ClOV. The number of halogens is 1. The molecule has 0 amide bonds. The Bertz CT molecular complexity index is 417. The fourth-order valence-electron chi connectivity index (χ4n) is 0.711. The maximum atomic E-state index is 8.93. The van der Waals surface area contributed by atoms with Crippen molar-refractivity contribution in [3.63, 3.8) is 0 Å². The molecule has 1 atom stereocenters. The van der Waals surface area contributed by atoms with Crippen LogP contribution in [0.3, 0.4) is 0 Å². The Morgan fingerprint density at radius 1 is 1.09 bits per heavy atom. The first-order chi connectivity index (χ1) is 9.02. The van der Waals surface area contributed by atoms with Crippen LogP contribution in [0.25, 0.3) is 0 Å². The van der Waals surface area contributed by atoms with E-state index in [0.717, 1.165) is 0 Å². The van der Waals surface area contributed by atoms with E-state index in [2.05, 4.69) is 51.0 Å². The summed E-state index contributed by atoms with van der Waals surface area (Å²) in [4.78, 5) is 0. The predicted molar refractivity (Wildman–Crippen MR) is 97.3 cm³/mol. The minimum atomic E-state index is -0.681. The Morgan fingerprint density at radius 2 is 1.55 bits per heavy atom. The van der Waals surface area contributed by atoms with Gasteiger partial charge in [-0.25, -0.2) is 0 Å². The van der Waals surface area contributed by atoms with Crippen molar-refractivity contribution in [1.82, 2.24) is 0 Å². The van der Waals surface area contributed by atoms with E-state index < -0.39 is 6.10 Å². The van der Waals surface area contributed by atoms with Crippen molar-refractivity contribution in [3.05, 3.63) is 24.8 Å². The number of hydrogen-bond acceptors (Lipinski definition) is 1. The number of aliphatic hydroxyl groups is 1. The standard InChI is InChI=1S/C9H13Cl.C9H14O.CH4.V/c1-9(2,3)7-5-4-6-8-10;1-5-8(10)6-7-9(2,3)4;;/h4,6H,8H2,1-3H3;5,8,10H,1H2,2-4H3;1H4;/b6-4+;;;. The topological polar surface area (TPSA) is 20.2 Å². The van der Waals surface area contributed by atoms with E-state index in [-0.39, 0.29) is 36.8 Å². The molecule has 0 spiro atoms. The van der Waals surface area contributed by atoms with Crippen molar-refractivity contribution in [2.45, 2.75) is 55.1 Å². The third kappa shape index (κ3) is 31.7. The minimum absolute atomic E-state index is 0. The Kier molecular flexibility index (Phi) is 20.5. The molecule has 0 aromatic heterocycles. The van der Waals surface area contributed by atoms with Crippen molar-refractivity contribution in [3.8, 4) is 23.7 Å². The molecule has 1 unspecified atom stereocenters. The van der Waals surface area contributed by atoms with Gasteiger partial charge in [0.2, 0.25) is 0 Å². The van der Waals surface area contributed by atoms with Crippen molar-refractivity contribution in [2.24, 2.45) is 10.8 Å². The van der Waals surface area contributed by atoms with Gasteiger partial charge in [0.15, 0.2) is 0 Å². The molecule has 0 aliphatic rings. The van der Waals surface area contributed by atoms with Crippen LogP contribution < -0.4 is 0 Å². The smallest absolute Gasteiger partial charge is 0.133 e. The molecule has 0 aliphatic heterocycles. The summed E-state index contributed by atoms with van der Waals surface area (Å²) in [6.45, 7) is 15.6. The van der Waals surface area contributed by atoms with Crippen LogP contribution in [0.5, 0.6) is 0 Å². The van der Waals surface area contributed by atoms with Gasteiger partial charge in [-0.1, -0.05) is 49.8 Å². The van der Waals surface area contributed by atoms with E-state index in [1.165, 1.54) is 6.08 Å². The Hall–Kier alpha value is -0.566. The Morgan fingerprint density at radius 3 is 1.86 bits per heavy atom. The van der Waals surface area contributed by atoms with Crippen molar-refractivity contribution >= 4 is 11.6 Å². The second kappa shape index (κ2) is 15.3. The van der Waals surface area contributed by atoms with Crippen LogP contribution in [0.2, 0.25) is 0 Å². The van der Waals surface area contributed by atoms with E-state index in [0.29, 0.717) is 5.88 Å². The second-order valence-electron chi connectivity index (χ2n) is 6.28. The average Bonchev–Trinajstić information content (AvgIpc) is 2.30. The molecular weight excluding hydrogens is 331 g/mol.